The number of hydrogen-bond donors (Lipinski definition) is 1. The lowest BCUT2D eigenvalue weighted by Gasteiger charge is -2.21. The van der Waals surface area contributed by atoms with Crippen LogP contribution in [0.1, 0.15) is 38.2 Å². The van der Waals surface area contributed by atoms with Crippen LogP contribution in [0.25, 0.3) is 10.8 Å². The lowest BCUT2D eigenvalue weighted by atomic mass is 9.99. The van der Waals surface area contributed by atoms with E-state index in [1.165, 1.54) is 42.0 Å². The highest BCUT2D eigenvalue weighted by Gasteiger charge is 2.20. The van der Waals surface area contributed by atoms with Gasteiger partial charge in [-0.2, -0.15) is 0 Å². The molecule has 2 aromatic rings. The van der Waals surface area contributed by atoms with Gasteiger partial charge in [0.1, 0.15) is 0 Å². The van der Waals surface area contributed by atoms with Crippen molar-refractivity contribution in [3.8, 4) is 0 Å². The SMILES string of the molecule is CC(NCc1cccc2ccccc12)C1CCCC1. The van der Waals surface area contributed by atoms with Crippen molar-refractivity contribution in [1.82, 2.24) is 5.32 Å². The summed E-state index contributed by atoms with van der Waals surface area (Å²) in [6, 6.07) is 15.9. The maximum Gasteiger partial charge on any atom is 0.0214 e. The van der Waals surface area contributed by atoms with Gasteiger partial charge in [0.25, 0.3) is 0 Å². The average molecular weight is 253 g/mol. The molecule has 3 rings (SSSR count). The average Bonchev–Trinajstić information content (AvgIpc) is 2.99. The van der Waals surface area contributed by atoms with Crippen LogP contribution in [-0.2, 0) is 6.54 Å². The monoisotopic (exact) mass is 253 g/mol. The summed E-state index contributed by atoms with van der Waals surface area (Å²) in [6.07, 6.45) is 5.66. The van der Waals surface area contributed by atoms with Gasteiger partial charge in [-0.15, -0.1) is 0 Å². The van der Waals surface area contributed by atoms with Crippen LogP contribution in [0.4, 0.5) is 0 Å². The molecule has 1 N–H and O–H groups in total. The van der Waals surface area contributed by atoms with Gasteiger partial charge in [0, 0.05) is 12.6 Å². The Kier molecular flexibility index (Phi) is 3.84. The summed E-state index contributed by atoms with van der Waals surface area (Å²) >= 11 is 0. The first kappa shape index (κ1) is 12.7. The Morgan fingerprint density at radius 3 is 2.63 bits per heavy atom. The molecule has 0 saturated heterocycles. The molecule has 0 amide bonds. The van der Waals surface area contributed by atoms with E-state index < -0.39 is 0 Å². The lowest BCUT2D eigenvalue weighted by molar-refractivity contribution is 0.381. The van der Waals surface area contributed by atoms with E-state index in [9.17, 15) is 0 Å². The van der Waals surface area contributed by atoms with E-state index in [4.69, 9.17) is 0 Å². The summed E-state index contributed by atoms with van der Waals surface area (Å²) in [5, 5.41) is 6.46. The molecule has 1 aliphatic rings. The van der Waals surface area contributed by atoms with Crippen molar-refractivity contribution in [3.05, 3.63) is 48.0 Å². The predicted molar refractivity (Wildman–Crippen MR) is 82.2 cm³/mol. The molecule has 1 heteroatoms. The molecular weight excluding hydrogens is 230 g/mol. The fourth-order valence-corrected chi connectivity index (χ4v) is 3.34. The van der Waals surface area contributed by atoms with Crippen LogP contribution < -0.4 is 5.32 Å². The maximum absolute atomic E-state index is 3.73. The molecule has 100 valence electrons. The minimum absolute atomic E-state index is 0.640. The zero-order chi connectivity index (χ0) is 13.1. The molecule has 1 nitrogen and oxygen atoms in total. The van der Waals surface area contributed by atoms with E-state index in [1.807, 2.05) is 0 Å². The van der Waals surface area contributed by atoms with Crippen LogP contribution in [0.3, 0.4) is 0 Å². The Labute approximate surface area is 116 Å². The fourth-order valence-electron chi connectivity index (χ4n) is 3.34. The molecule has 0 aliphatic heterocycles. The summed E-state index contributed by atoms with van der Waals surface area (Å²) in [7, 11) is 0. The van der Waals surface area contributed by atoms with Crippen molar-refractivity contribution in [3.63, 3.8) is 0 Å². The smallest absolute Gasteiger partial charge is 0.0214 e. The van der Waals surface area contributed by atoms with Crippen LogP contribution in [0.5, 0.6) is 0 Å². The number of nitrogens with one attached hydrogen (secondary N) is 1. The quantitative estimate of drug-likeness (QED) is 0.845. The van der Waals surface area contributed by atoms with E-state index in [0.717, 1.165) is 12.5 Å². The summed E-state index contributed by atoms with van der Waals surface area (Å²) < 4.78 is 0. The molecular formula is C18H23N. The highest BCUT2D eigenvalue weighted by molar-refractivity contribution is 5.85. The third kappa shape index (κ3) is 2.82. The Balaban J connectivity index is 1.71. The highest BCUT2D eigenvalue weighted by Crippen LogP contribution is 2.28. The van der Waals surface area contributed by atoms with Gasteiger partial charge in [-0.1, -0.05) is 55.3 Å². The normalized spacial score (nSPS) is 17.9. The zero-order valence-electron chi connectivity index (χ0n) is 11.7. The zero-order valence-corrected chi connectivity index (χ0v) is 11.7. The molecule has 1 aliphatic carbocycles. The molecule has 0 spiro atoms. The van der Waals surface area contributed by atoms with Gasteiger partial charge in [-0.05, 0) is 42.0 Å². The van der Waals surface area contributed by atoms with Crippen LogP contribution in [0.2, 0.25) is 0 Å². The van der Waals surface area contributed by atoms with E-state index >= 15 is 0 Å². The molecule has 19 heavy (non-hydrogen) atoms. The van der Waals surface area contributed by atoms with Gasteiger partial charge in [0.2, 0.25) is 0 Å². The van der Waals surface area contributed by atoms with Crippen molar-refractivity contribution in [2.24, 2.45) is 5.92 Å². The van der Waals surface area contributed by atoms with Crippen molar-refractivity contribution < 1.29 is 0 Å². The van der Waals surface area contributed by atoms with Crippen molar-refractivity contribution in [2.45, 2.75) is 45.2 Å². The minimum Gasteiger partial charge on any atom is -0.310 e. The maximum atomic E-state index is 3.73. The van der Waals surface area contributed by atoms with Gasteiger partial charge in [-0.3, -0.25) is 0 Å². The predicted octanol–water partition coefficient (Wildman–Crippen LogP) is 4.51. The van der Waals surface area contributed by atoms with E-state index in [1.54, 1.807) is 0 Å². The van der Waals surface area contributed by atoms with Crippen LogP contribution in [-0.4, -0.2) is 6.04 Å². The summed E-state index contributed by atoms with van der Waals surface area (Å²) in [5.41, 5.74) is 1.42. The lowest BCUT2D eigenvalue weighted by Crippen LogP contribution is -2.31. The minimum atomic E-state index is 0.640. The van der Waals surface area contributed by atoms with Gasteiger partial charge >= 0.3 is 0 Å². The summed E-state index contributed by atoms with van der Waals surface area (Å²) in [4.78, 5) is 0. The van der Waals surface area contributed by atoms with Crippen molar-refractivity contribution in [1.29, 1.82) is 0 Å². The molecule has 1 fully saturated rings. The van der Waals surface area contributed by atoms with E-state index in [-0.39, 0.29) is 0 Å². The molecule has 2 aromatic carbocycles. The first-order valence-electron chi connectivity index (χ1n) is 7.54. The van der Waals surface area contributed by atoms with Crippen molar-refractivity contribution in [2.75, 3.05) is 0 Å². The molecule has 1 atom stereocenters. The summed E-state index contributed by atoms with van der Waals surface area (Å²) in [6.45, 7) is 3.33. The number of rotatable bonds is 4. The van der Waals surface area contributed by atoms with Crippen LogP contribution in [0.15, 0.2) is 42.5 Å². The topological polar surface area (TPSA) is 12.0 Å². The Bertz CT molecular complexity index is 535. The van der Waals surface area contributed by atoms with E-state index in [2.05, 4.69) is 54.7 Å². The van der Waals surface area contributed by atoms with Crippen LogP contribution in [0, 0.1) is 5.92 Å². The second kappa shape index (κ2) is 5.75. The first-order chi connectivity index (χ1) is 9.34. The fraction of sp³-hybridized carbons (Fsp3) is 0.444. The standard InChI is InChI=1S/C18H23N/c1-14(15-7-2-3-8-15)19-13-17-11-6-10-16-9-4-5-12-18(16)17/h4-6,9-12,14-15,19H,2-3,7-8,13H2,1H3. The Morgan fingerprint density at radius 2 is 1.79 bits per heavy atom. The molecule has 0 bridgehead atoms. The van der Waals surface area contributed by atoms with Gasteiger partial charge in [-0.25, -0.2) is 0 Å². The second-order valence-corrected chi connectivity index (χ2v) is 5.85. The number of hydrogen-bond acceptors (Lipinski definition) is 1. The van der Waals surface area contributed by atoms with Gasteiger partial charge < -0.3 is 5.32 Å². The third-order valence-electron chi connectivity index (χ3n) is 4.60. The molecule has 0 radical (unpaired) electrons. The number of benzene rings is 2. The Morgan fingerprint density at radius 1 is 1.05 bits per heavy atom. The largest absolute Gasteiger partial charge is 0.310 e. The Hall–Kier alpha value is -1.34. The first-order valence-corrected chi connectivity index (χ1v) is 7.54. The number of fused-ring (bicyclic) bond motifs is 1. The second-order valence-electron chi connectivity index (χ2n) is 5.85. The molecule has 0 aromatic heterocycles. The van der Waals surface area contributed by atoms with Crippen LogP contribution >= 0.6 is 0 Å². The van der Waals surface area contributed by atoms with Gasteiger partial charge in [0.15, 0.2) is 0 Å². The van der Waals surface area contributed by atoms with Gasteiger partial charge in [0.05, 0.1) is 0 Å². The highest BCUT2D eigenvalue weighted by atomic mass is 14.9. The molecule has 1 unspecified atom stereocenters. The van der Waals surface area contributed by atoms with Crippen molar-refractivity contribution >= 4 is 10.8 Å². The molecule has 1 saturated carbocycles. The molecule has 0 heterocycles. The summed E-state index contributed by atoms with van der Waals surface area (Å²) in [5.74, 6) is 0.884. The third-order valence-corrected chi connectivity index (χ3v) is 4.60. The van der Waals surface area contributed by atoms with E-state index in [0.29, 0.717) is 6.04 Å².